The zero-order valence-electron chi connectivity index (χ0n) is 18.2. The lowest BCUT2D eigenvalue weighted by Crippen LogP contribution is -2.38. The van der Waals surface area contributed by atoms with Gasteiger partial charge in [0.2, 0.25) is 0 Å². The number of fused-ring (bicyclic) bond motifs is 1. The van der Waals surface area contributed by atoms with Gasteiger partial charge in [0, 0.05) is 30.9 Å². The highest BCUT2D eigenvalue weighted by Crippen LogP contribution is 2.31. The number of aromatic nitrogens is 5. The Hall–Kier alpha value is -4.14. The van der Waals surface area contributed by atoms with Crippen molar-refractivity contribution >= 4 is 11.7 Å². The minimum Gasteiger partial charge on any atom is -0.496 e. The molecule has 0 unspecified atom stereocenters. The number of nitrogens with zero attached hydrogens (tertiary/aromatic N) is 5. The fraction of sp³-hybridized carbons (Fsp3) is 0.208. The van der Waals surface area contributed by atoms with E-state index in [0.717, 1.165) is 22.5 Å². The van der Waals surface area contributed by atoms with Gasteiger partial charge < -0.3 is 4.74 Å². The molecule has 5 rings (SSSR count). The first-order valence-corrected chi connectivity index (χ1v) is 10.5. The second-order valence-corrected chi connectivity index (χ2v) is 7.81. The van der Waals surface area contributed by atoms with Crippen LogP contribution in [0, 0.1) is 12.7 Å². The third-order valence-electron chi connectivity index (χ3n) is 5.63. The molecule has 1 aliphatic heterocycles. The van der Waals surface area contributed by atoms with E-state index in [2.05, 4.69) is 25.1 Å². The lowest BCUT2D eigenvalue weighted by Gasteiger charge is -2.29. The van der Waals surface area contributed by atoms with Crippen molar-refractivity contribution in [1.29, 1.82) is 0 Å². The number of H-pyrrole nitrogens is 1. The molecule has 0 fully saturated rings. The molecule has 0 saturated carbocycles. The molecule has 8 nitrogen and oxygen atoms in total. The van der Waals surface area contributed by atoms with E-state index in [1.165, 1.54) is 23.2 Å². The van der Waals surface area contributed by atoms with E-state index in [9.17, 15) is 9.18 Å². The van der Waals surface area contributed by atoms with Crippen molar-refractivity contribution in [2.45, 2.75) is 19.8 Å². The number of pyridine rings is 2. The minimum atomic E-state index is -0.518. The molecule has 1 N–H and O–H groups in total. The molecule has 0 atom stereocenters. The number of rotatable bonds is 5. The number of carbonyl (C=O) groups excluding carboxylic acids is 1. The number of methoxy groups -OCH3 is 1. The van der Waals surface area contributed by atoms with E-state index < -0.39 is 5.82 Å². The van der Waals surface area contributed by atoms with E-state index >= 15 is 0 Å². The second kappa shape index (κ2) is 8.42. The van der Waals surface area contributed by atoms with Crippen LogP contribution in [0.1, 0.15) is 32.9 Å². The fourth-order valence-electron chi connectivity index (χ4n) is 4.00. The number of benzene rings is 1. The number of halogens is 1. The number of carbonyl (C=O) groups is 1. The summed E-state index contributed by atoms with van der Waals surface area (Å²) in [6.45, 7) is 2.19. The van der Waals surface area contributed by atoms with Crippen LogP contribution in [0.3, 0.4) is 0 Å². The number of nitrogens with one attached hydrogen (secondary N) is 1. The second-order valence-electron chi connectivity index (χ2n) is 7.81. The lowest BCUT2D eigenvalue weighted by atomic mass is 9.93. The first-order valence-electron chi connectivity index (χ1n) is 10.5. The van der Waals surface area contributed by atoms with Gasteiger partial charge in [0.25, 0.3) is 5.91 Å². The predicted molar refractivity (Wildman–Crippen MR) is 120 cm³/mol. The van der Waals surface area contributed by atoms with Gasteiger partial charge in [-0.3, -0.25) is 19.8 Å². The summed E-state index contributed by atoms with van der Waals surface area (Å²) in [4.78, 5) is 27.4. The van der Waals surface area contributed by atoms with Gasteiger partial charge in [0.15, 0.2) is 17.5 Å². The first-order chi connectivity index (χ1) is 16.0. The van der Waals surface area contributed by atoms with Crippen molar-refractivity contribution in [2.24, 2.45) is 0 Å². The third-order valence-corrected chi connectivity index (χ3v) is 5.63. The summed E-state index contributed by atoms with van der Waals surface area (Å²) in [5.41, 5.74) is 3.87. The van der Waals surface area contributed by atoms with E-state index in [4.69, 9.17) is 4.74 Å². The van der Waals surface area contributed by atoms with Gasteiger partial charge in [0.1, 0.15) is 17.3 Å². The molecule has 4 heterocycles. The normalized spacial score (nSPS) is 13.2. The zero-order chi connectivity index (χ0) is 22.9. The Kier molecular flexibility index (Phi) is 5.29. The van der Waals surface area contributed by atoms with Gasteiger partial charge in [0.05, 0.1) is 7.11 Å². The lowest BCUT2D eigenvalue weighted by molar-refractivity contribution is 0.0978. The molecule has 0 saturated heterocycles. The van der Waals surface area contributed by atoms with Gasteiger partial charge in [-0.2, -0.15) is 5.10 Å². The number of hydrogen-bond donors (Lipinski definition) is 1. The average Bonchev–Trinajstić information content (AvgIpc) is 3.27. The highest BCUT2D eigenvalue weighted by Gasteiger charge is 2.29. The minimum absolute atomic E-state index is 0.0486. The van der Waals surface area contributed by atoms with Crippen LogP contribution in [0.5, 0.6) is 5.75 Å². The predicted octanol–water partition coefficient (Wildman–Crippen LogP) is 3.51. The Bertz CT molecular complexity index is 1340. The quantitative estimate of drug-likeness (QED) is 0.506. The zero-order valence-corrected chi connectivity index (χ0v) is 18.2. The SMILES string of the molecule is COc1cc2c(cc1Cc1ccc(-c3n[nH]c(C)n3)nc1)C(=O)N(c1ncccc1F)CC2. The van der Waals surface area contributed by atoms with E-state index in [-0.39, 0.29) is 11.7 Å². The molecule has 0 radical (unpaired) electrons. The molecule has 1 amide bonds. The topological polar surface area (TPSA) is 96.9 Å². The van der Waals surface area contributed by atoms with Crippen LogP contribution in [0.2, 0.25) is 0 Å². The summed E-state index contributed by atoms with van der Waals surface area (Å²) in [5.74, 6) is 1.22. The maximum atomic E-state index is 14.3. The van der Waals surface area contributed by atoms with Crippen molar-refractivity contribution in [1.82, 2.24) is 25.1 Å². The van der Waals surface area contributed by atoms with Crippen LogP contribution in [0.15, 0.2) is 48.8 Å². The number of anilines is 1. The van der Waals surface area contributed by atoms with Crippen LogP contribution in [-0.2, 0) is 12.8 Å². The molecular weight excluding hydrogens is 423 g/mol. The molecule has 0 aliphatic carbocycles. The average molecular weight is 444 g/mol. The standard InChI is InChI=1S/C24H21FN6O2/c1-14-28-22(30-29-14)20-6-5-15(13-27-20)10-17-11-18-16(12-21(17)33-2)7-9-31(24(18)32)23-19(25)4-3-8-26-23/h3-6,8,11-13H,7,9-10H2,1-2H3,(H,28,29,30). The van der Waals surface area contributed by atoms with Crippen LogP contribution in [0.4, 0.5) is 10.2 Å². The highest BCUT2D eigenvalue weighted by atomic mass is 19.1. The molecule has 3 aromatic heterocycles. The number of amides is 1. The van der Waals surface area contributed by atoms with Gasteiger partial charge in [-0.1, -0.05) is 6.07 Å². The number of hydrogen-bond acceptors (Lipinski definition) is 6. The summed E-state index contributed by atoms with van der Waals surface area (Å²) >= 11 is 0. The van der Waals surface area contributed by atoms with Crippen LogP contribution in [-0.4, -0.2) is 44.7 Å². The molecule has 1 aromatic carbocycles. The van der Waals surface area contributed by atoms with Crippen molar-refractivity contribution in [3.8, 4) is 17.3 Å². The molecule has 9 heteroatoms. The van der Waals surface area contributed by atoms with Gasteiger partial charge in [-0.25, -0.2) is 14.4 Å². The highest BCUT2D eigenvalue weighted by molar-refractivity contribution is 6.08. The number of aromatic amines is 1. The first kappa shape index (κ1) is 20.7. The summed E-state index contributed by atoms with van der Waals surface area (Å²) in [5, 5.41) is 6.94. The Morgan fingerprint density at radius 3 is 2.79 bits per heavy atom. The molecule has 166 valence electrons. The maximum Gasteiger partial charge on any atom is 0.259 e. The van der Waals surface area contributed by atoms with Crippen molar-refractivity contribution in [2.75, 3.05) is 18.6 Å². The van der Waals surface area contributed by atoms with E-state index in [1.807, 2.05) is 31.2 Å². The molecular formula is C24H21FN6O2. The molecule has 33 heavy (non-hydrogen) atoms. The van der Waals surface area contributed by atoms with Gasteiger partial charge in [-0.05, 0) is 60.4 Å². The number of aryl methyl sites for hydroxylation is 1. The Labute approximate surface area is 189 Å². The van der Waals surface area contributed by atoms with Gasteiger partial charge >= 0.3 is 0 Å². The molecule has 0 bridgehead atoms. The Balaban J connectivity index is 1.44. The van der Waals surface area contributed by atoms with Crippen molar-refractivity contribution in [3.63, 3.8) is 0 Å². The van der Waals surface area contributed by atoms with Crippen LogP contribution < -0.4 is 9.64 Å². The number of ether oxygens (including phenoxy) is 1. The van der Waals surface area contributed by atoms with Crippen molar-refractivity contribution < 1.29 is 13.9 Å². The summed E-state index contributed by atoms with van der Waals surface area (Å²) in [6, 6.07) is 10.3. The summed E-state index contributed by atoms with van der Waals surface area (Å²) < 4.78 is 19.9. The van der Waals surface area contributed by atoms with E-state index in [0.29, 0.717) is 42.2 Å². The monoisotopic (exact) mass is 444 g/mol. The maximum absolute atomic E-state index is 14.3. The van der Waals surface area contributed by atoms with Crippen LogP contribution >= 0.6 is 0 Å². The van der Waals surface area contributed by atoms with Crippen LogP contribution in [0.25, 0.3) is 11.5 Å². The Morgan fingerprint density at radius 2 is 2.09 bits per heavy atom. The smallest absolute Gasteiger partial charge is 0.259 e. The molecule has 4 aromatic rings. The fourth-order valence-corrected chi connectivity index (χ4v) is 4.00. The molecule has 0 spiro atoms. The van der Waals surface area contributed by atoms with E-state index in [1.54, 1.807) is 13.3 Å². The van der Waals surface area contributed by atoms with Gasteiger partial charge in [-0.15, -0.1) is 0 Å². The summed E-state index contributed by atoms with van der Waals surface area (Å²) in [6.07, 6.45) is 4.34. The third kappa shape index (κ3) is 3.93. The van der Waals surface area contributed by atoms with Crippen molar-refractivity contribution in [3.05, 3.63) is 82.7 Å². The molecule has 1 aliphatic rings. The largest absolute Gasteiger partial charge is 0.496 e. The summed E-state index contributed by atoms with van der Waals surface area (Å²) in [7, 11) is 1.61. The Morgan fingerprint density at radius 1 is 1.21 bits per heavy atom.